The van der Waals surface area contributed by atoms with Crippen molar-refractivity contribution in [2.24, 2.45) is 0 Å². The number of hydrogen-bond donors (Lipinski definition) is 0. The Hall–Kier alpha value is -1.04. The number of anilines is 1. The van der Waals surface area contributed by atoms with E-state index in [1.807, 2.05) is 0 Å². The van der Waals surface area contributed by atoms with Crippen molar-refractivity contribution < 1.29 is 9.31 Å². The standard InChI is InChI=1S/C31H55BN2O2/c1-6-7-8-9-10-11-12-13-14-15-16-17-18-23-33-24-26-34(27-25-33)29-21-19-28(20-22-29)32-35-30(2,3)31(4,5)36-32/h19-22H,6-18,23-27H2,1-5H3. The topological polar surface area (TPSA) is 24.9 Å². The van der Waals surface area contributed by atoms with Crippen LogP contribution in [0.5, 0.6) is 0 Å². The molecule has 0 spiro atoms. The highest BCUT2D eigenvalue weighted by atomic mass is 16.7. The largest absolute Gasteiger partial charge is 0.494 e. The van der Waals surface area contributed by atoms with E-state index >= 15 is 0 Å². The minimum atomic E-state index is -0.292. The van der Waals surface area contributed by atoms with E-state index in [1.165, 1.54) is 109 Å². The molecular formula is C31H55BN2O2. The molecule has 0 unspecified atom stereocenters. The van der Waals surface area contributed by atoms with Crippen LogP contribution in [0.15, 0.2) is 24.3 Å². The van der Waals surface area contributed by atoms with E-state index in [-0.39, 0.29) is 18.3 Å². The summed E-state index contributed by atoms with van der Waals surface area (Å²) in [6, 6.07) is 8.83. The zero-order chi connectivity index (χ0) is 25.9. The summed E-state index contributed by atoms with van der Waals surface area (Å²) in [4.78, 5) is 5.18. The lowest BCUT2D eigenvalue weighted by atomic mass is 9.79. The Labute approximate surface area is 223 Å². The van der Waals surface area contributed by atoms with Crippen LogP contribution in [0.3, 0.4) is 0 Å². The Bertz CT molecular complexity index is 713. The minimum absolute atomic E-state index is 0.277. The highest BCUT2D eigenvalue weighted by molar-refractivity contribution is 6.62. The van der Waals surface area contributed by atoms with Crippen LogP contribution in [0.25, 0.3) is 0 Å². The average molecular weight is 499 g/mol. The van der Waals surface area contributed by atoms with E-state index < -0.39 is 0 Å². The fourth-order valence-corrected chi connectivity index (χ4v) is 5.40. The summed E-state index contributed by atoms with van der Waals surface area (Å²) in [5, 5.41) is 0. The van der Waals surface area contributed by atoms with Crippen molar-refractivity contribution >= 4 is 18.3 Å². The Morgan fingerprint density at radius 3 is 1.56 bits per heavy atom. The van der Waals surface area contributed by atoms with Gasteiger partial charge in [0, 0.05) is 31.9 Å². The van der Waals surface area contributed by atoms with Gasteiger partial charge in [0.1, 0.15) is 0 Å². The molecule has 0 aromatic heterocycles. The molecule has 0 aliphatic carbocycles. The molecule has 2 aliphatic heterocycles. The van der Waals surface area contributed by atoms with Gasteiger partial charge in [-0.3, -0.25) is 4.90 Å². The molecule has 2 fully saturated rings. The molecule has 204 valence electrons. The number of benzene rings is 1. The van der Waals surface area contributed by atoms with Gasteiger partial charge in [-0.25, -0.2) is 0 Å². The van der Waals surface area contributed by atoms with Gasteiger partial charge < -0.3 is 14.2 Å². The van der Waals surface area contributed by atoms with Gasteiger partial charge in [-0.05, 0) is 58.3 Å². The molecule has 0 atom stereocenters. The van der Waals surface area contributed by atoms with Crippen LogP contribution in [0, 0.1) is 0 Å². The lowest BCUT2D eigenvalue weighted by Crippen LogP contribution is -2.46. The summed E-state index contributed by atoms with van der Waals surface area (Å²) >= 11 is 0. The molecule has 0 saturated carbocycles. The third-order valence-corrected chi connectivity index (χ3v) is 8.73. The number of hydrogen-bond acceptors (Lipinski definition) is 4. The summed E-state index contributed by atoms with van der Waals surface area (Å²) in [6.07, 6.45) is 18.6. The first-order valence-electron chi connectivity index (χ1n) is 15.3. The van der Waals surface area contributed by atoms with Crippen molar-refractivity contribution in [3.05, 3.63) is 24.3 Å². The molecule has 0 N–H and O–H groups in total. The van der Waals surface area contributed by atoms with Gasteiger partial charge in [0.15, 0.2) is 0 Å². The molecule has 3 rings (SSSR count). The molecule has 1 aromatic rings. The molecule has 2 aliphatic rings. The van der Waals surface area contributed by atoms with E-state index in [0.29, 0.717) is 0 Å². The molecule has 2 heterocycles. The fourth-order valence-electron chi connectivity index (χ4n) is 5.40. The lowest BCUT2D eigenvalue weighted by Gasteiger charge is -2.36. The quantitative estimate of drug-likeness (QED) is 0.178. The number of rotatable bonds is 16. The minimum Gasteiger partial charge on any atom is -0.399 e. The summed E-state index contributed by atoms with van der Waals surface area (Å²) in [7, 11) is -0.277. The summed E-state index contributed by atoms with van der Waals surface area (Å²) in [6.45, 7) is 16.6. The molecule has 0 bridgehead atoms. The Morgan fingerprint density at radius 2 is 1.08 bits per heavy atom. The molecule has 4 nitrogen and oxygen atoms in total. The Morgan fingerprint density at radius 1 is 0.639 bits per heavy atom. The average Bonchev–Trinajstić information content (AvgIpc) is 3.09. The van der Waals surface area contributed by atoms with Crippen LogP contribution in [-0.4, -0.2) is 55.9 Å². The number of nitrogens with zero attached hydrogens (tertiary/aromatic N) is 2. The van der Waals surface area contributed by atoms with Crippen molar-refractivity contribution in [2.45, 2.75) is 129 Å². The zero-order valence-corrected chi connectivity index (χ0v) is 24.3. The summed E-state index contributed by atoms with van der Waals surface area (Å²) < 4.78 is 12.4. The van der Waals surface area contributed by atoms with E-state index in [0.717, 1.165) is 18.6 Å². The maximum Gasteiger partial charge on any atom is 0.494 e. The molecule has 5 heteroatoms. The lowest BCUT2D eigenvalue weighted by molar-refractivity contribution is 0.00578. The molecular weight excluding hydrogens is 443 g/mol. The van der Waals surface area contributed by atoms with Crippen molar-refractivity contribution in [2.75, 3.05) is 37.6 Å². The smallest absolute Gasteiger partial charge is 0.399 e. The van der Waals surface area contributed by atoms with Gasteiger partial charge in [-0.15, -0.1) is 0 Å². The highest BCUT2D eigenvalue weighted by Gasteiger charge is 2.51. The van der Waals surface area contributed by atoms with E-state index in [4.69, 9.17) is 9.31 Å². The Kier molecular flexibility index (Phi) is 12.1. The van der Waals surface area contributed by atoms with Crippen LogP contribution in [0.2, 0.25) is 0 Å². The predicted octanol–water partition coefficient (Wildman–Crippen LogP) is 7.20. The van der Waals surface area contributed by atoms with Crippen molar-refractivity contribution in [1.29, 1.82) is 0 Å². The van der Waals surface area contributed by atoms with Crippen LogP contribution in [0.4, 0.5) is 5.69 Å². The van der Waals surface area contributed by atoms with E-state index in [2.05, 4.69) is 68.7 Å². The molecule has 36 heavy (non-hydrogen) atoms. The van der Waals surface area contributed by atoms with E-state index in [1.54, 1.807) is 0 Å². The zero-order valence-electron chi connectivity index (χ0n) is 24.3. The van der Waals surface area contributed by atoms with Gasteiger partial charge in [0.25, 0.3) is 0 Å². The molecule has 2 saturated heterocycles. The normalized spacial score (nSPS) is 19.8. The predicted molar refractivity (Wildman–Crippen MR) is 157 cm³/mol. The van der Waals surface area contributed by atoms with Gasteiger partial charge in [-0.2, -0.15) is 0 Å². The van der Waals surface area contributed by atoms with Crippen molar-refractivity contribution in [3.8, 4) is 0 Å². The Balaban J connectivity index is 1.22. The molecule has 0 radical (unpaired) electrons. The first kappa shape index (κ1) is 29.5. The fraction of sp³-hybridized carbons (Fsp3) is 0.806. The van der Waals surface area contributed by atoms with Crippen LogP contribution >= 0.6 is 0 Å². The van der Waals surface area contributed by atoms with Crippen molar-refractivity contribution in [1.82, 2.24) is 4.90 Å². The van der Waals surface area contributed by atoms with E-state index in [9.17, 15) is 0 Å². The SMILES string of the molecule is CCCCCCCCCCCCCCCN1CCN(c2ccc(B3OC(C)(C)C(C)(C)O3)cc2)CC1. The first-order chi connectivity index (χ1) is 17.3. The third-order valence-electron chi connectivity index (χ3n) is 8.73. The second-order valence-corrected chi connectivity index (χ2v) is 12.3. The van der Waals surface area contributed by atoms with Crippen LogP contribution in [0.1, 0.15) is 118 Å². The van der Waals surface area contributed by atoms with Crippen LogP contribution < -0.4 is 10.4 Å². The monoisotopic (exact) mass is 498 g/mol. The van der Waals surface area contributed by atoms with Gasteiger partial charge in [0.05, 0.1) is 11.2 Å². The maximum atomic E-state index is 6.21. The second-order valence-electron chi connectivity index (χ2n) is 12.3. The van der Waals surface area contributed by atoms with Crippen molar-refractivity contribution in [3.63, 3.8) is 0 Å². The third kappa shape index (κ3) is 9.06. The summed E-state index contributed by atoms with van der Waals surface area (Å²) in [5.41, 5.74) is 1.84. The van der Waals surface area contributed by atoms with Gasteiger partial charge in [-0.1, -0.05) is 96.1 Å². The van der Waals surface area contributed by atoms with Gasteiger partial charge >= 0.3 is 7.12 Å². The number of piperazine rings is 1. The van der Waals surface area contributed by atoms with Crippen LogP contribution in [-0.2, 0) is 9.31 Å². The van der Waals surface area contributed by atoms with Gasteiger partial charge in [0.2, 0.25) is 0 Å². The second kappa shape index (κ2) is 14.8. The summed E-state index contributed by atoms with van der Waals surface area (Å²) in [5.74, 6) is 0. The maximum absolute atomic E-state index is 6.21. The highest BCUT2D eigenvalue weighted by Crippen LogP contribution is 2.36. The molecule has 0 amide bonds. The number of unbranched alkanes of at least 4 members (excludes halogenated alkanes) is 12. The first-order valence-corrected chi connectivity index (χ1v) is 15.3. The molecule has 1 aromatic carbocycles.